The van der Waals surface area contributed by atoms with Crippen molar-refractivity contribution in [1.29, 1.82) is 0 Å². The molecule has 1 aromatic heterocycles. The quantitative estimate of drug-likeness (QED) is 0.542. The monoisotopic (exact) mass is 365 g/mol. The van der Waals surface area contributed by atoms with E-state index in [1.165, 1.54) is 0 Å². The number of aryl methyl sites for hydroxylation is 1. The number of esters is 1. The van der Waals surface area contributed by atoms with Gasteiger partial charge in [0, 0.05) is 23.6 Å². The van der Waals surface area contributed by atoms with E-state index >= 15 is 0 Å². The van der Waals surface area contributed by atoms with Crippen LogP contribution < -0.4 is 5.32 Å². The van der Waals surface area contributed by atoms with Crippen LogP contribution in [0.1, 0.15) is 32.1 Å². The highest BCUT2D eigenvalue weighted by Crippen LogP contribution is 2.19. The molecule has 25 heavy (non-hydrogen) atoms. The summed E-state index contributed by atoms with van der Waals surface area (Å²) in [4.78, 5) is 27.3. The first-order valence-electron chi connectivity index (χ1n) is 8.09. The summed E-state index contributed by atoms with van der Waals surface area (Å²) in [7, 11) is 0. The molecule has 8 heteroatoms. The summed E-state index contributed by atoms with van der Waals surface area (Å²) >= 11 is 5.83. The molecule has 0 aliphatic carbocycles. The molecule has 0 aliphatic heterocycles. The predicted molar refractivity (Wildman–Crippen MR) is 91.9 cm³/mol. The smallest absolute Gasteiger partial charge is 0.306 e. The zero-order valence-corrected chi connectivity index (χ0v) is 14.7. The molecule has 0 aliphatic rings. The first-order chi connectivity index (χ1) is 12.1. The van der Waals surface area contributed by atoms with Gasteiger partial charge in [0.2, 0.25) is 11.7 Å². The van der Waals surface area contributed by atoms with Gasteiger partial charge in [0.05, 0.1) is 6.42 Å². The number of unbranched alkanes of at least 4 members (excludes halogenated alkanes) is 1. The maximum absolute atomic E-state index is 11.7. The van der Waals surface area contributed by atoms with Crippen LogP contribution in [0.15, 0.2) is 28.8 Å². The second-order valence-electron chi connectivity index (χ2n) is 5.38. The fourth-order valence-corrected chi connectivity index (χ4v) is 2.08. The number of rotatable bonds is 9. The molecule has 1 N–H and O–H groups in total. The van der Waals surface area contributed by atoms with Crippen molar-refractivity contribution in [2.45, 2.75) is 32.6 Å². The molecule has 1 amide bonds. The van der Waals surface area contributed by atoms with Crippen molar-refractivity contribution in [2.24, 2.45) is 0 Å². The standard InChI is InChI=1S/C17H20ClN3O4/c1-2-3-10-19-14(22)11-24-16(23)9-8-15-20-17(21-25-15)12-4-6-13(18)7-5-12/h4-7H,2-3,8-11H2,1H3,(H,19,22). The summed E-state index contributed by atoms with van der Waals surface area (Å²) in [5, 5.41) is 7.16. The van der Waals surface area contributed by atoms with Gasteiger partial charge in [0.25, 0.3) is 5.91 Å². The van der Waals surface area contributed by atoms with Crippen LogP contribution in [0.4, 0.5) is 0 Å². The van der Waals surface area contributed by atoms with E-state index in [0.29, 0.717) is 23.3 Å². The first-order valence-corrected chi connectivity index (χ1v) is 8.47. The van der Waals surface area contributed by atoms with Crippen molar-refractivity contribution in [1.82, 2.24) is 15.5 Å². The zero-order valence-electron chi connectivity index (χ0n) is 14.0. The number of aromatic nitrogens is 2. The molecule has 1 heterocycles. The van der Waals surface area contributed by atoms with Gasteiger partial charge in [-0.05, 0) is 30.7 Å². The third-order valence-corrected chi connectivity index (χ3v) is 3.58. The normalized spacial score (nSPS) is 10.5. The third kappa shape index (κ3) is 6.54. The lowest BCUT2D eigenvalue weighted by Crippen LogP contribution is -2.29. The Kier molecular flexibility index (Phi) is 7.40. The van der Waals surface area contributed by atoms with Crippen LogP contribution in [0.2, 0.25) is 5.02 Å². The maximum atomic E-state index is 11.7. The van der Waals surface area contributed by atoms with E-state index < -0.39 is 5.97 Å². The lowest BCUT2D eigenvalue weighted by atomic mass is 10.2. The molecular weight excluding hydrogens is 346 g/mol. The summed E-state index contributed by atoms with van der Waals surface area (Å²) in [6, 6.07) is 7.02. The number of benzene rings is 1. The lowest BCUT2D eigenvalue weighted by Gasteiger charge is -2.05. The fourth-order valence-electron chi connectivity index (χ4n) is 1.96. The molecule has 0 unspecified atom stereocenters. The minimum Gasteiger partial charge on any atom is -0.456 e. The molecule has 134 valence electrons. The summed E-state index contributed by atoms with van der Waals surface area (Å²) in [5.74, 6) is -0.0360. The van der Waals surface area contributed by atoms with Crippen molar-refractivity contribution < 1.29 is 18.8 Å². The minimum atomic E-state index is -0.489. The summed E-state index contributed by atoms with van der Waals surface area (Å²) < 4.78 is 10.0. The van der Waals surface area contributed by atoms with Gasteiger partial charge in [-0.25, -0.2) is 0 Å². The second kappa shape index (κ2) is 9.78. The van der Waals surface area contributed by atoms with Gasteiger partial charge in [0.1, 0.15) is 0 Å². The molecule has 0 bridgehead atoms. The Morgan fingerprint density at radius 3 is 2.76 bits per heavy atom. The number of amides is 1. The van der Waals surface area contributed by atoms with Crippen molar-refractivity contribution in [3.8, 4) is 11.4 Å². The number of nitrogens with zero attached hydrogens (tertiary/aromatic N) is 2. The van der Waals surface area contributed by atoms with E-state index in [2.05, 4.69) is 15.5 Å². The van der Waals surface area contributed by atoms with Crippen LogP contribution in [0.5, 0.6) is 0 Å². The zero-order chi connectivity index (χ0) is 18.1. The molecule has 0 saturated carbocycles. The van der Waals surface area contributed by atoms with E-state index in [1.54, 1.807) is 24.3 Å². The van der Waals surface area contributed by atoms with Gasteiger partial charge in [0.15, 0.2) is 6.61 Å². The molecule has 0 atom stereocenters. The lowest BCUT2D eigenvalue weighted by molar-refractivity contribution is -0.148. The number of hydrogen-bond donors (Lipinski definition) is 1. The minimum absolute atomic E-state index is 0.0600. The molecule has 0 radical (unpaired) electrons. The number of halogens is 1. The van der Waals surface area contributed by atoms with E-state index in [1.807, 2.05) is 6.92 Å². The number of carbonyl (C=O) groups excluding carboxylic acids is 2. The average Bonchev–Trinajstić information content (AvgIpc) is 3.08. The Morgan fingerprint density at radius 1 is 1.28 bits per heavy atom. The van der Waals surface area contributed by atoms with Gasteiger partial charge in [-0.15, -0.1) is 0 Å². The van der Waals surface area contributed by atoms with Crippen LogP contribution in [0, 0.1) is 0 Å². The van der Waals surface area contributed by atoms with E-state index in [0.717, 1.165) is 18.4 Å². The summed E-state index contributed by atoms with van der Waals surface area (Å²) in [5.41, 5.74) is 0.769. The molecule has 2 aromatic rings. The summed E-state index contributed by atoms with van der Waals surface area (Å²) in [6.07, 6.45) is 2.19. The highest BCUT2D eigenvalue weighted by atomic mass is 35.5. The maximum Gasteiger partial charge on any atom is 0.306 e. The molecule has 1 aromatic carbocycles. The average molecular weight is 366 g/mol. The van der Waals surface area contributed by atoms with Gasteiger partial charge in [-0.1, -0.05) is 30.1 Å². The Balaban J connectivity index is 1.73. The van der Waals surface area contributed by atoms with Crippen molar-refractivity contribution >= 4 is 23.5 Å². The number of nitrogens with one attached hydrogen (secondary N) is 1. The number of hydrogen-bond acceptors (Lipinski definition) is 6. The molecule has 0 fully saturated rings. The van der Waals surface area contributed by atoms with Crippen molar-refractivity contribution in [3.05, 3.63) is 35.2 Å². The molecular formula is C17H20ClN3O4. The molecule has 2 rings (SSSR count). The Bertz CT molecular complexity index is 700. The Hall–Kier alpha value is -2.41. The van der Waals surface area contributed by atoms with Crippen molar-refractivity contribution in [2.75, 3.05) is 13.2 Å². The van der Waals surface area contributed by atoms with E-state index in [9.17, 15) is 9.59 Å². The Labute approximate surface area is 150 Å². The SMILES string of the molecule is CCCCNC(=O)COC(=O)CCc1nc(-c2ccc(Cl)cc2)no1. The third-order valence-electron chi connectivity index (χ3n) is 3.33. The van der Waals surface area contributed by atoms with Gasteiger partial charge in [-0.2, -0.15) is 4.98 Å². The molecule has 0 saturated heterocycles. The fraction of sp³-hybridized carbons (Fsp3) is 0.412. The highest BCUT2D eigenvalue weighted by molar-refractivity contribution is 6.30. The van der Waals surface area contributed by atoms with Crippen LogP contribution in [-0.2, 0) is 20.7 Å². The topological polar surface area (TPSA) is 94.3 Å². The first kappa shape index (κ1) is 18.9. The van der Waals surface area contributed by atoms with Crippen LogP contribution in [0.25, 0.3) is 11.4 Å². The highest BCUT2D eigenvalue weighted by Gasteiger charge is 2.12. The van der Waals surface area contributed by atoms with E-state index in [-0.39, 0.29) is 25.4 Å². The molecule has 0 spiro atoms. The van der Waals surface area contributed by atoms with Crippen LogP contribution in [-0.4, -0.2) is 35.2 Å². The Morgan fingerprint density at radius 2 is 2.04 bits per heavy atom. The van der Waals surface area contributed by atoms with Crippen LogP contribution in [0.3, 0.4) is 0 Å². The van der Waals surface area contributed by atoms with Gasteiger partial charge < -0.3 is 14.6 Å². The summed E-state index contributed by atoms with van der Waals surface area (Å²) in [6.45, 7) is 2.34. The number of carbonyl (C=O) groups is 2. The largest absolute Gasteiger partial charge is 0.456 e. The number of ether oxygens (including phenoxy) is 1. The van der Waals surface area contributed by atoms with Crippen LogP contribution >= 0.6 is 11.6 Å². The van der Waals surface area contributed by atoms with Gasteiger partial charge >= 0.3 is 5.97 Å². The predicted octanol–water partition coefficient (Wildman–Crippen LogP) is 2.78. The van der Waals surface area contributed by atoms with Crippen molar-refractivity contribution in [3.63, 3.8) is 0 Å². The van der Waals surface area contributed by atoms with Gasteiger partial charge in [-0.3, -0.25) is 9.59 Å². The van der Waals surface area contributed by atoms with E-state index in [4.69, 9.17) is 20.9 Å². The second-order valence-corrected chi connectivity index (χ2v) is 5.82. The molecule has 7 nitrogen and oxygen atoms in total.